The van der Waals surface area contributed by atoms with Gasteiger partial charge in [0.05, 0.1) is 22.2 Å². The normalized spacial score (nSPS) is 11.5. The molecule has 3 aromatic carbocycles. The minimum Gasteiger partial charge on any atom is -0.350 e. The molecule has 174 valence electrons. The van der Waals surface area contributed by atoms with Crippen molar-refractivity contribution in [2.45, 2.75) is 26.2 Å². The first-order valence-corrected chi connectivity index (χ1v) is 10.4. The molecule has 0 atom stereocenters. The van der Waals surface area contributed by atoms with Gasteiger partial charge < -0.3 is 5.32 Å². The molecule has 1 N–H and O–H groups in total. The highest BCUT2D eigenvalue weighted by Gasteiger charge is 2.30. The van der Waals surface area contributed by atoms with Gasteiger partial charge in [-0.1, -0.05) is 36.4 Å². The fraction of sp³-hybridized carbons (Fsp3) is 0.160. The largest absolute Gasteiger partial charge is 0.416 e. The molecule has 0 aliphatic rings. The first kappa shape index (κ1) is 23.0. The van der Waals surface area contributed by atoms with Gasteiger partial charge in [-0.25, -0.2) is 9.36 Å². The zero-order valence-corrected chi connectivity index (χ0v) is 18.1. The highest BCUT2D eigenvalue weighted by atomic mass is 19.4. The maximum atomic E-state index is 13.3. The fourth-order valence-electron chi connectivity index (χ4n) is 3.73. The standard InChI is InChI=1S/C25H20F3N3O3/c1-16-6-4-9-19(12-16)31-23(33)20-10-2-3-11-21(20)30(24(31)34)15-22(32)29-14-17-7-5-8-18(13-17)25(26,27)28/h2-13H,14-15H2,1H3,(H,29,32). The Morgan fingerprint density at radius 2 is 1.68 bits per heavy atom. The zero-order valence-electron chi connectivity index (χ0n) is 18.1. The second-order valence-corrected chi connectivity index (χ2v) is 7.84. The minimum absolute atomic E-state index is 0.146. The molecule has 4 rings (SSSR count). The van der Waals surface area contributed by atoms with E-state index >= 15 is 0 Å². The van der Waals surface area contributed by atoms with Crippen molar-refractivity contribution in [3.63, 3.8) is 0 Å². The summed E-state index contributed by atoms with van der Waals surface area (Å²) in [5.74, 6) is -0.584. The first-order chi connectivity index (χ1) is 16.1. The number of halogens is 3. The number of para-hydroxylation sites is 1. The van der Waals surface area contributed by atoms with Gasteiger partial charge in [-0.05, 0) is 54.4 Å². The van der Waals surface area contributed by atoms with Gasteiger partial charge in [-0.2, -0.15) is 13.2 Å². The van der Waals surface area contributed by atoms with Gasteiger partial charge in [-0.15, -0.1) is 0 Å². The number of nitrogens with one attached hydrogen (secondary N) is 1. The molecule has 1 aromatic heterocycles. The number of amides is 1. The van der Waals surface area contributed by atoms with E-state index in [1.165, 1.54) is 16.7 Å². The second kappa shape index (κ2) is 9.01. The molecule has 9 heteroatoms. The van der Waals surface area contributed by atoms with Crippen molar-refractivity contribution in [3.05, 3.63) is 110 Å². The van der Waals surface area contributed by atoms with Crippen molar-refractivity contribution in [1.29, 1.82) is 0 Å². The smallest absolute Gasteiger partial charge is 0.350 e. The van der Waals surface area contributed by atoms with Gasteiger partial charge in [0.1, 0.15) is 6.54 Å². The number of carbonyl (C=O) groups is 1. The molecule has 0 unspecified atom stereocenters. The SMILES string of the molecule is Cc1cccc(-n2c(=O)c3ccccc3n(CC(=O)NCc3cccc(C(F)(F)F)c3)c2=O)c1. The molecule has 1 amide bonds. The molecule has 0 spiro atoms. The van der Waals surface area contributed by atoms with Gasteiger partial charge >= 0.3 is 11.9 Å². The summed E-state index contributed by atoms with van der Waals surface area (Å²) in [7, 11) is 0. The minimum atomic E-state index is -4.49. The summed E-state index contributed by atoms with van der Waals surface area (Å²) in [6.45, 7) is 1.27. The molecule has 0 fully saturated rings. The van der Waals surface area contributed by atoms with E-state index in [9.17, 15) is 27.6 Å². The Bertz CT molecular complexity index is 1500. The second-order valence-electron chi connectivity index (χ2n) is 7.84. The van der Waals surface area contributed by atoms with Gasteiger partial charge in [0, 0.05) is 6.54 Å². The van der Waals surface area contributed by atoms with Crippen LogP contribution in [0.5, 0.6) is 0 Å². The summed E-state index contributed by atoms with van der Waals surface area (Å²) >= 11 is 0. The lowest BCUT2D eigenvalue weighted by atomic mass is 10.1. The number of hydrogen-bond acceptors (Lipinski definition) is 3. The Morgan fingerprint density at radius 3 is 2.41 bits per heavy atom. The predicted octanol–water partition coefficient (Wildman–Crippen LogP) is 3.80. The Hall–Kier alpha value is -4.14. The number of alkyl halides is 3. The van der Waals surface area contributed by atoms with E-state index in [0.717, 1.165) is 22.3 Å². The summed E-state index contributed by atoms with van der Waals surface area (Å²) in [6.07, 6.45) is -4.49. The van der Waals surface area contributed by atoms with Crippen LogP contribution in [0.3, 0.4) is 0 Å². The number of aryl methyl sites for hydroxylation is 1. The van der Waals surface area contributed by atoms with Gasteiger partial charge in [-0.3, -0.25) is 14.2 Å². The third kappa shape index (κ3) is 4.63. The maximum absolute atomic E-state index is 13.3. The molecule has 4 aromatic rings. The average molecular weight is 467 g/mol. The monoisotopic (exact) mass is 467 g/mol. The number of aromatic nitrogens is 2. The van der Waals surface area contributed by atoms with Crippen molar-refractivity contribution in [3.8, 4) is 5.69 Å². The van der Waals surface area contributed by atoms with E-state index in [4.69, 9.17) is 0 Å². The third-order valence-corrected chi connectivity index (χ3v) is 5.36. The fourth-order valence-corrected chi connectivity index (χ4v) is 3.73. The van der Waals surface area contributed by atoms with E-state index in [2.05, 4.69) is 5.32 Å². The molecule has 0 saturated heterocycles. The van der Waals surface area contributed by atoms with Crippen LogP contribution in [0.1, 0.15) is 16.7 Å². The molecule has 6 nitrogen and oxygen atoms in total. The lowest BCUT2D eigenvalue weighted by Crippen LogP contribution is -2.41. The van der Waals surface area contributed by atoms with Crippen LogP contribution in [-0.2, 0) is 24.1 Å². The van der Waals surface area contributed by atoms with Crippen molar-refractivity contribution in [1.82, 2.24) is 14.5 Å². The van der Waals surface area contributed by atoms with Gasteiger partial charge in [0.15, 0.2) is 0 Å². The van der Waals surface area contributed by atoms with Crippen LogP contribution in [-0.4, -0.2) is 15.0 Å². The lowest BCUT2D eigenvalue weighted by molar-refractivity contribution is -0.137. The van der Waals surface area contributed by atoms with Crippen molar-refractivity contribution in [2.24, 2.45) is 0 Å². The zero-order chi connectivity index (χ0) is 24.5. The van der Waals surface area contributed by atoms with Crippen molar-refractivity contribution < 1.29 is 18.0 Å². The van der Waals surface area contributed by atoms with Gasteiger partial charge in [0.25, 0.3) is 5.56 Å². The van der Waals surface area contributed by atoms with E-state index < -0.39 is 35.4 Å². The number of rotatable bonds is 5. The van der Waals surface area contributed by atoms with Crippen molar-refractivity contribution >= 4 is 16.8 Å². The number of carbonyl (C=O) groups excluding carboxylic acids is 1. The average Bonchev–Trinajstić information content (AvgIpc) is 2.80. The Labute approximate surface area is 191 Å². The number of fused-ring (bicyclic) bond motifs is 1. The van der Waals surface area contributed by atoms with Crippen molar-refractivity contribution in [2.75, 3.05) is 0 Å². The highest BCUT2D eigenvalue weighted by Crippen LogP contribution is 2.29. The Balaban J connectivity index is 1.68. The van der Waals surface area contributed by atoms with Crippen LogP contribution < -0.4 is 16.6 Å². The molecular formula is C25H20F3N3O3. The summed E-state index contributed by atoms with van der Waals surface area (Å²) in [5.41, 5.74) is -0.232. The third-order valence-electron chi connectivity index (χ3n) is 5.36. The number of nitrogens with zero attached hydrogens (tertiary/aromatic N) is 2. The van der Waals surface area contributed by atoms with E-state index in [-0.39, 0.29) is 23.0 Å². The topological polar surface area (TPSA) is 73.1 Å². The summed E-state index contributed by atoms with van der Waals surface area (Å²) < 4.78 is 41.0. The van der Waals surface area contributed by atoms with E-state index in [1.54, 1.807) is 42.5 Å². The number of hydrogen-bond donors (Lipinski definition) is 1. The summed E-state index contributed by atoms with van der Waals surface area (Å²) in [4.78, 5) is 39.1. The molecule has 0 radical (unpaired) electrons. The van der Waals surface area contributed by atoms with Crippen LogP contribution in [0.2, 0.25) is 0 Å². The summed E-state index contributed by atoms with van der Waals surface area (Å²) in [5, 5.41) is 2.81. The van der Waals surface area contributed by atoms with Crippen LogP contribution >= 0.6 is 0 Å². The first-order valence-electron chi connectivity index (χ1n) is 10.4. The Kier molecular flexibility index (Phi) is 6.10. The predicted molar refractivity (Wildman–Crippen MR) is 122 cm³/mol. The number of benzene rings is 3. The summed E-state index contributed by atoms with van der Waals surface area (Å²) in [6, 6.07) is 18.0. The molecule has 1 heterocycles. The molecule has 0 bridgehead atoms. The van der Waals surface area contributed by atoms with Crippen LogP contribution in [0.15, 0.2) is 82.4 Å². The lowest BCUT2D eigenvalue weighted by Gasteiger charge is -2.15. The van der Waals surface area contributed by atoms with Crippen LogP contribution in [0.4, 0.5) is 13.2 Å². The molecule has 0 aliphatic heterocycles. The molecular weight excluding hydrogens is 447 g/mol. The molecule has 0 saturated carbocycles. The van der Waals surface area contributed by atoms with Crippen LogP contribution in [0.25, 0.3) is 16.6 Å². The quantitative estimate of drug-likeness (QED) is 0.485. The molecule has 34 heavy (non-hydrogen) atoms. The molecule has 0 aliphatic carbocycles. The van der Waals surface area contributed by atoms with E-state index in [0.29, 0.717) is 5.69 Å². The van der Waals surface area contributed by atoms with Crippen LogP contribution in [0, 0.1) is 6.92 Å². The van der Waals surface area contributed by atoms with E-state index in [1.807, 2.05) is 13.0 Å². The van der Waals surface area contributed by atoms with Gasteiger partial charge in [0.2, 0.25) is 5.91 Å². The maximum Gasteiger partial charge on any atom is 0.416 e. The Morgan fingerprint density at radius 1 is 0.941 bits per heavy atom. The highest BCUT2D eigenvalue weighted by molar-refractivity contribution is 5.82.